The summed E-state index contributed by atoms with van der Waals surface area (Å²) in [5.41, 5.74) is 0.952. The first-order valence-corrected chi connectivity index (χ1v) is 3.99. The van der Waals surface area contributed by atoms with E-state index in [1.54, 1.807) is 12.5 Å². The van der Waals surface area contributed by atoms with E-state index in [0.717, 1.165) is 5.56 Å². The van der Waals surface area contributed by atoms with E-state index in [4.69, 9.17) is 9.15 Å². The van der Waals surface area contributed by atoms with Gasteiger partial charge >= 0.3 is 5.97 Å². The van der Waals surface area contributed by atoms with Crippen LogP contribution in [0.2, 0.25) is 0 Å². The molecule has 2 rings (SSSR count). The summed E-state index contributed by atoms with van der Waals surface area (Å²) in [4.78, 5) is 10.9. The molecule has 0 amide bonds. The molecule has 1 fully saturated rings. The Morgan fingerprint density at radius 1 is 1.58 bits per heavy atom. The predicted molar refractivity (Wildman–Crippen MR) is 41.3 cm³/mol. The van der Waals surface area contributed by atoms with Crippen LogP contribution >= 0.6 is 0 Å². The first-order chi connectivity index (χ1) is 5.77. The van der Waals surface area contributed by atoms with Crippen molar-refractivity contribution < 1.29 is 13.9 Å². The number of esters is 1. The molecule has 3 heteroatoms. The van der Waals surface area contributed by atoms with Crippen molar-refractivity contribution in [2.45, 2.75) is 19.4 Å². The first kappa shape index (κ1) is 7.40. The molecular weight excluding hydrogens is 156 g/mol. The molecule has 1 aromatic heterocycles. The Balaban J connectivity index is 2.20. The van der Waals surface area contributed by atoms with Crippen LogP contribution in [-0.4, -0.2) is 5.97 Å². The fraction of sp³-hybridized carbons (Fsp3) is 0.444. The minimum absolute atomic E-state index is 0.101. The fourth-order valence-electron chi connectivity index (χ4n) is 1.51. The molecule has 0 saturated carbocycles. The van der Waals surface area contributed by atoms with E-state index in [1.165, 1.54) is 0 Å². The Labute approximate surface area is 70.3 Å². The second kappa shape index (κ2) is 2.66. The fourth-order valence-corrected chi connectivity index (χ4v) is 1.51. The summed E-state index contributed by atoms with van der Waals surface area (Å²) < 4.78 is 10.0. The van der Waals surface area contributed by atoms with Gasteiger partial charge in [0.25, 0.3) is 0 Å². The van der Waals surface area contributed by atoms with Crippen LogP contribution in [0, 0.1) is 5.92 Å². The van der Waals surface area contributed by atoms with Crippen molar-refractivity contribution in [3.63, 3.8) is 0 Å². The van der Waals surface area contributed by atoms with E-state index in [2.05, 4.69) is 0 Å². The zero-order valence-electron chi connectivity index (χ0n) is 6.82. The average Bonchev–Trinajstić information content (AvgIpc) is 2.58. The monoisotopic (exact) mass is 166 g/mol. The van der Waals surface area contributed by atoms with Crippen LogP contribution in [0.3, 0.4) is 0 Å². The molecule has 0 unspecified atom stereocenters. The number of hydrogen-bond acceptors (Lipinski definition) is 3. The highest BCUT2D eigenvalue weighted by Crippen LogP contribution is 2.34. The van der Waals surface area contributed by atoms with Crippen molar-refractivity contribution in [3.8, 4) is 0 Å². The van der Waals surface area contributed by atoms with Gasteiger partial charge in [0.05, 0.1) is 18.9 Å². The first-order valence-electron chi connectivity index (χ1n) is 3.99. The summed E-state index contributed by atoms with van der Waals surface area (Å²) in [6.07, 6.45) is 3.63. The molecule has 0 bridgehead atoms. The minimum atomic E-state index is -0.117. The van der Waals surface area contributed by atoms with Crippen LogP contribution in [0.4, 0.5) is 0 Å². The van der Waals surface area contributed by atoms with Gasteiger partial charge in [-0.3, -0.25) is 4.79 Å². The van der Waals surface area contributed by atoms with Crippen LogP contribution in [0.15, 0.2) is 23.0 Å². The summed E-state index contributed by atoms with van der Waals surface area (Å²) in [6.45, 7) is 2.00. The van der Waals surface area contributed by atoms with E-state index in [-0.39, 0.29) is 18.0 Å². The third-order valence-electron chi connectivity index (χ3n) is 2.14. The zero-order chi connectivity index (χ0) is 8.55. The summed E-state index contributed by atoms with van der Waals surface area (Å²) >= 11 is 0. The summed E-state index contributed by atoms with van der Waals surface area (Å²) in [6, 6.07) is 1.83. The maximum atomic E-state index is 10.9. The molecular formula is C9H10O3. The van der Waals surface area contributed by atoms with Gasteiger partial charge in [-0.15, -0.1) is 0 Å². The molecule has 0 N–H and O–H groups in total. The molecule has 1 aromatic rings. The normalized spacial score (nSPS) is 28.9. The molecule has 12 heavy (non-hydrogen) atoms. The molecule has 64 valence electrons. The van der Waals surface area contributed by atoms with Gasteiger partial charge in [0.2, 0.25) is 0 Å². The Morgan fingerprint density at radius 2 is 2.42 bits per heavy atom. The lowest BCUT2D eigenvalue weighted by atomic mass is 10.00. The average molecular weight is 166 g/mol. The van der Waals surface area contributed by atoms with Gasteiger partial charge in [0, 0.05) is 11.5 Å². The summed E-state index contributed by atoms with van der Waals surface area (Å²) in [5, 5.41) is 0. The molecule has 0 spiro atoms. The molecule has 1 aliphatic rings. The van der Waals surface area contributed by atoms with Gasteiger partial charge in [-0.2, -0.15) is 0 Å². The highest BCUT2D eigenvalue weighted by molar-refractivity contribution is 5.72. The lowest BCUT2D eigenvalue weighted by Crippen LogP contribution is -2.02. The Morgan fingerprint density at radius 3 is 2.92 bits per heavy atom. The van der Waals surface area contributed by atoms with Gasteiger partial charge < -0.3 is 9.15 Å². The van der Waals surface area contributed by atoms with Gasteiger partial charge in [-0.05, 0) is 6.07 Å². The van der Waals surface area contributed by atoms with Crippen molar-refractivity contribution in [3.05, 3.63) is 24.2 Å². The van der Waals surface area contributed by atoms with Crippen LogP contribution in [-0.2, 0) is 9.53 Å². The van der Waals surface area contributed by atoms with Crippen molar-refractivity contribution in [1.82, 2.24) is 0 Å². The van der Waals surface area contributed by atoms with Crippen molar-refractivity contribution in [2.24, 2.45) is 5.92 Å². The molecule has 1 aliphatic heterocycles. The van der Waals surface area contributed by atoms with Gasteiger partial charge in [-0.1, -0.05) is 6.92 Å². The molecule has 1 saturated heterocycles. The van der Waals surface area contributed by atoms with E-state index in [0.29, 0.717) is 6.42 Å². The molecule has 3 nitrogen and oxygen atoms in total. The van der Waals surface area contributed by atoms with Crippen molar-refractivity contribution >= 4 is 5.97 Å². The Hall–Kier alpha value is -1.25. The number of furan rings is 1. The molecule has 2 heterocycles. The van der Waals surface area contributed by atoms with Gasteiger partial charge in [0.1, 0.15) is 6.10 Å². The van der Waals surface area contributed by atoms with E-state index in [1.807, 2.05) is 13.0 Å². The van der Waals surface area contributed by atoms with E-state index in [9.17, 15) is 4.79 Å². The third kappa shape index (κ3) is 1.11. The number of rotatable bonds is 1. The largest absolute Gasteiger partial charge is 0.472 e. The number of ether oxygens (including phenoxy) is 1. The number of hydrogen-bond donors (Lipinski definition) is 0. The second-order valence-electron chi connectivity index (χ2n) is 3.15. The maximum Gasteiger partial charge on any atom is 0.306 e. The van der Waals surface area contributed by atoms with E-state index >= 15 is 0 Å². The van der Waals surface area contributed by atoms with Gasteiger partial charge in [0.15, 0.2) is 0 Å². The standard InChI is InChI=1S/C9H10O3/c1-6-4-8(10)12-9(6)7-2-3-11-5-7/h2-3,5-6,9H,4H2,1H3/t6-,9-/m0/s1. The summed E-state index contributed by atoms with van der Waals surface area (Å²) in [5.74, 6) is 0.142. The van der Waals surface area contributed by atoms with E-state index < -0.39 is 0 Å². The lowest BCUT2D eigenvalue weighted by molar-refractivity contribution is -0.141. The zero-order valence-corrected chi connectivity index (χ0v) is 6.82. The third-order valence-corrected chi connectivity index (χ3v) is 2.14. The number of carbonyl (C=O) groups excluding carboxylic acids is 1. The maximum absolute atomic E-state index is 10.9. The summed E-state index contributed by atoms with van der Waals surface area (Å²) in [7, 11) is 0. The number of cyclic esters (lactones) is 1. The van der Waals surface area contributed by atoms with Crippen LogP contribution in [0.1, 0.15) is 25.0 Å². The highest BCUT2D eigenvalue weighted by Gasteiger charge is 2.32. The lowest BCUT2D eigenvalue weighted by Gasteiger charge is -2.10. The highest BCUT2D eigenvalue weighted by atomic mass is 16.6. The molecule has 0 aromatic carbocycles. The molecule has 2 atom stereocenters. The minimum Gasteiger partial charge on any atom is -0.472 e. The second-order valence-corrected chi connectivity index (χ2v) is 3.15. The smallest absolute Gasteiger partial charge is 0.306 e. The molecule has 0 radical (unpaired) electrons. The quantitative estimate of drug-likeness (QED) is 0.598. The van der Waals surface area contributed by atoms with Crippen LogP contribution < -0.4 is 0 Å². The van der Waals surface area contributed by atoms with Crippen molar-refractivity contribution in [2.75, 3.05) is 0 Å². The van der Waals surface area contributed by atoms with Crippen molar-refractivity contribution in [1.29, 1.82) is 0 Å². The Bertz CT molecular complexity index is 276. The topological polar surface area (TPSA) is 39.4 Å². The molecule has 0 aliphatic carbocycles. The SMILES string of the molecule is C[C@H]1CC(=O)O[C@@H]1c1ccoc1. The predicted octanol–water partition coefficient (Wildman–Crippen LogP) is 1.90. The van der Waals surface area contributed by atoms with Gasteiger partial charge in [-0.25, -0.2) is 0 Å². The Kier molecular flexibility index (Phi) is 1.64. The number of carbonyl (C=O) groups is 1. The van der Waals surface area contributed by atoms with Crippen LogP contribution in [0.25, 0.3) is 0 Å². The van der Waals surface area contributed by atoms with Crippen LogP contribution in [0.5, 0.6) is 0 Å².